The Kier molecular flexibility index (Phi) is 7.41. The van der Waals surface area contributed by atoms with Crippen LogP contribution in [0, 0.1) is 11.3 Å². The molecule has 0 aromatic carbocycles. The summed E-state index contributed by atoms with van der Waals surface area (Å²) in [5, 5.41) is 17.5. The van der Waals surface area contributed by atoms with Gasteiger partial charge in [0.05, 0.1) is 12.2 Å². The van der Waals surface area contributed by atoms with Crippen LogP contribution in [0.3, 0.4) is 0 Å². The smallest absolute Gasteiger partial charge is 0.407 e. The van der Waals surface area contributed by atoms with Crippen molar-refractivity contribution >= 4 is 45.8 Å². The second-order valence-corrected chi connectivity index (χ2v) is 8.43. The van der Waals surface area contributed by atoms with Crippen LogP contribution in [0.2, 0.25) is 0 Å². The topological polar surface area (TPSA) is 100 Å². The third kappa shape index (κ3) is 5.67. The summed E-state index contributed by atoms with van der Waals surface area (Å²) in [6.07, 6.45) is 4.28. The number of carbonyl (C=O) groups is 2. The summed E-state index contributed by atoms with van der Waals surface area (Å²) in [5.74, 6) is -0.279. The highest BCUT2D eigenvalue weighted by Crippen LogP contribution is 2.38. The van der Waals surface area contributed by atoms with E-state index in [-0.39, 0.29) is 12.0 Å². The van der Waals surface area contributed by atoms with Gasteiger partial charge in [0.25, 0.3) is 0 Å². The van der Waals surface area contributed by atoms with Crippen molar-refractivity contribution < 1.29 is 19.1 Å². The normalized spacial score (nSPS) is 15.5. The van der Waals surface area contributed by atoms with Crippen LogP contribution >= 0.6 is 22.7 Å². The van der Waals surface area contributed by atoms with E-state index in [9.17, 15) is 14.9 Å². The molecule has 1 atom stereocenters. The third-order valence-corrected chi connectivity index (χ3v) is 6.37. The molecule has 3 rings (SSSR count). The molecule has 1 aliphatic carbocycles. The second-order valence-electron chi connectivity index (χ2n) is 6.35. The number of hydrogen-bond donors (Lipinski definition) is 2. The fraction of sp³-hybridized carbons (Fsp3) is 0.350. The van der Waals surface area contributed by atoms with Crippen molar-refractivity contribution in [3.63, 3.8) is 0 Å². The molecule has 0 fully saturated rings. The minimum Gasteiger partial charge on any atom is -0.446 e. The molecule has 2 heterocycles. The number of nitrogens with zero attached hydrogens (tertiary/aromatic N) is 1. The first kappa shape index (κ1) is 21.0. The van der Waals surface area contributed by atoms with E-state index in [1.807, 2.05) is 17.5 Å². The molecule has 0 radical (unpaired) electrons. The van der Waals surface area contributed by atoms with Gasteiger partial charge in [0.15, 0.2) is 0 Å². The van der Waals surface area contributed by atoms with Crippen molar-refractivity contribution in [3.8, 4) is 6.07 Å². The second kappa shape index (κ2) is 10.2. The summed E-state index contributed by atoms with van der Waals surface area (Å²) in [4.78, 5) is 26.0. The highest BCUT2D eigenvalue weighted by atomic mass is 32.1. The highest BCUT2D eigenvalue weighted by Gasteiger charge is 2.28. The fourth-order valence-corrected chi connectivity index (χ4v) is 4.89. The third-order valence-electron chi connectivity index (χ3n) is 4.36. The summed E-state index contributed by atoms with van der Waals surface area (Å²) in [6, 6.07) is 6.05. The monoisotopic (exact) mass is 431 g/mol. The fourth-order valence-electron chi connectivity index (χ4n) is 3.01. The van der Waals surface area contributed by atoms with Gasteiger partial charge in [-0.1, -0.05) is 6.07 Å². The predicted molar refractivity (Wildman–Crippen MR) is 113 cm³/mol. The zero-order valence-corrected chi connectivity index (χ0v) is 17.5. The van der Waals surface area contributed by atoms with Crippen molar-refractivity contribution in [1.82, 2.24) is 5.32 Å². The van der Waals surface area contributed by atoms with E-state index in [2.05, 4.69) is 16.7 Å². The number of amides is 2. The average Bonchev–Trinajstić information content (AvgIpc) is 3.33. The molecule has 1 aliphatic rings. The number of hydrogen-bond acceptors (Lipinski definition) is 7. The highest BCUT2D eigenvalue weighted by molar-refractivity contribution is 7.16. The molecule has 152 valence electrons. The largest absolute Gasteiger partial charge is 0.446 e. The minimum atomic E-state index is -0.472. The van der Waals surface area contributed by atoms with Crippen LogP contribution in [0.15, 0.2) is 23.6 Å². The summed E-state index contributed by atoms with van der Waals surface area (Å²) in [7, 11) is 1.56. The van der Waals surface area contributed by atoms with E-state index in [0.29, 0.717) is 43.0 Å². The van der Waals surface area contributed by atoms with Crippen molar-refractivity contribution in [1.29, 1.82) is 5.26 Å². The van der Waals surface area contributed by atoms with Crippen LogP contribution < -0.4 is 10.6 Å². The maximum Gasteiger partial charge on any atom is 0.407 e. The van der Waals surface area contributed by atoms with Gasteiger partial charge in [-0.05, 0) is 35.9 Å². The average molecular weight is 432 g/mol. The Bertz CT molecular complexity index is 928. The molecule has 9 heteroatoms. The van der Waals surface area contributed by atoms with Crippen LogP contribution in [0.4, 0.5) is 9.80 Å². The van der Waals surface area contributed by atoms with Crippen molar-refractivity contribution in [2.75, 3.05) is 25.6 Å². The van der Waals surface area contributed by atoms with Crippen LogP contribution in [0.25, 0.3) is 6.08 Å². The van der Waals surface area contributed by atoms with Crippen molar-refractivity contribution in [3.05, 3.63) is 44.5 Å². The number of alkyl carbamates (subject to hydrolysis) is 1. The molecule has 0 saturated carbocycles. The lowest BCUT2D eigenvalue weighted by atomic mass is 9.94. The van der Waals surface area contributed by atoms with Gasteiger partial charge in [-0.15, -0.1) is 22.7 Å². The first-order chi connectivity index (χ1) is 14.1. The molecule has 2 aromatic heterocycles. The Morgan fingerprint density at radius 1 is 1.45 bits per heavy atom. The molecular formula is C20H21N3O4S2. The number of nitriles is 1. The predicted octanol–water partition coefficient (Wildman–Crippen LogP) is 3.56. The SMILES string of the molecule is COCCNC(=O)OC1CCc2c(sc(NC(=O)/C=C/c3cccs3)c2C#N)C1. The zero-order chi connectivity index (χ0) is 20.6. The summed E-state index contributed by atoms with van der Waals surface area (Å²) >= 11 is 2.92. The number of anilines is 1. The Balaban J connectivity index is 1.63. The van der Waals surface area contributed by atoms with Crippen molar-refractivity contribution in [2.45, 2.75) is 25.4 Å². The molecule has 1 unspecified atom stereocenters. The molecule has 2 N–H and O–H groups in total. The lowest BCUT2D eigenvalue weighted by molar-refractivity contribution is -0.111. The van der Waals surface area contributed by atoms with Gasteiger partial charge < -0.3 is 20.1 Å². The molecule has 0 saturated heterocycles. The number of rotatable bonds is 7. The maximum atomic E-state index is 12.2. The molecule has 0 spiro atoms. The lowest BCUT2D eigenvalue weighted by Gasteiger charge is -2.22. The first-order valence-electron chi connectivity index (χ1n) is 9.11. The molecular weight excluding hydrogens is 410 g/mol. The standard InChI is InChI=1S/C20H21N3O4S2/c1-26-9-8-22-20(25)27-13-4-6-15-16(12-21)19(29-17(15)11-13)23-18(24)7-5-14-3-2-10-28-14/h2-3,5,7,10,13H,4,6,8-9,11H2,1H3,(H,22,25)(H,23,24)/b7-5+. The van der Waals surface area contributed by atoms with E-state index in [4.69, 9.17) is 9.47 Å². The van der Waals surface area contributed by atoms with E-state index in [1.165, 1.54) is 17.4 Å². The van der Waals surface area contributed by atoms with E-state index in [1.54, 1.807) is 24.5 Å². The molecule has 7 nitrogen and oxygen atoms in total. The molecule has 29 heavy (non-hydrogen) atoms. The van der Waals surface area contributed by atoms with Gasteiger partial charge in [0.2, 0.25) is 5.91 Å². The van der Waals surface area contributed by atoms with Gasteiger partial charge in [-0.2, -0.15) is 5.26 Å². The lowest BCUT2D eigenvalue weighted by Crippen LogP contribution is -2.33. The van der Waals surface area contributed by atoms with Crippen LogP contribution in [-0.4, -0.2) is 38.4 Å². The number of thiophene rings is 2. The summed E-state index contributed by atoms with van der Waals surface area (Å²) < 4.78 is 10.3. The minimum absolute atomic E-state index is 0.252. The maximum absolute atomic E-state index is 12.2. The van der Waals surface area contributed by atoms with Gasteiger partial charge in [0, 0.05) is 35.9 Å². The van der Waals surface area contributed by atoms with Crippen LogP contribution in [-0.2, 0) is 27.1 Å². The summed E-state index contributed by atoms with van der Waals surface area (Å²) in [6.45, 7) is 0.810. The van der Waals surface area contributed by atoms with Crippen LogP contribution in [0.1, 0.15) is 27.3 Å². The first-order valence-corrected chi connectivity index (χ1v) is 10.8. The van der Waals surface area contributed by atoms with E-state index >= 15 is 0 Å². The number of methoxy groups -OCH3 is 1. The number of fused-ring (bicyclic) bond motifs is 1. The Morgan fingerprint density at radius 2 is 2.31 bits per heavy atom. The summed E-state index contributed by atoms with van der Waals surface area (Å²) in [5.41, 5.74) is 1.44. The van der Waals surface area contributed by atoms with Gasteiger partial charge in [0.1, 0.15) is 17.2 Å². The molecule has 0 aliphatic heterocycles. The number of ether oxygens (including phenoxy) is 2. The molecule has 0 bridgehead atoms. The van der Waals surface area contributed by atoms with Crippen LogP contribution in [0.5, 0.6) is 0 Å². The van der Waals surface area contributed by atoms with E-state index < -0.39 is 6.09 Å². The molecule has 2 amide bonds. The number of nitrogens with one attached hydrogen (secondary N) is 2. The Hall–Kier alpha value is -2.67. The Morgan fingerprint density at radius 3 is 3.03 bits per heavy atom. The number of carbonyl (C=O) groups excluding carboxylic acids is 2. The van der Waals surface area contributed by atoms with E-state index in [0.717, 1.165) is 15.3 Å². The quantitative estimate of drug-likeness (QED) is 0.516. The van der Waals surface area contributed by atoms with Gasteiger partial charge >= 0.3 is 6.09 Å². The van der Waals surface area contributed by atoms with Gasteiger partial charge in [-0.3, -0.25) is 4.79 Å². The molecule has 2 aromatic rings. The van der Waals surface area contributed by atoms with Gasteiger partial charge in [-0.25, -0.2) is 4.79 Å². The Labute approximate surface area is 176 Å². The van der Waals surface area contributed by atoms with Crippen molar-refractivity contribution in [2.24, 2.45) is 0 Å². The zero-order valence-electron chi connectivity index (χ0n) is 15.9.